The summed E-state index contributed by atoms with van der Waals surface area (Å²) in [7, 11) is 0. The predicted molar refractivity (Wildman–Crippen MR) is 60.9 cm³/mol. The van der Waals surface area contributed by atoms with Gasteiger partial charge in [0.15, 0.2) is 0 Å². The molecule has 3 heteroatoms. The van der Waals surface area contributed by atoms with E-state index in [4.69, 9.17) is 0 Å². The van der Waals surface area contributed by atoms with Gasteiger partial charge < -0.3 is 5.32 Å². The van der Waals surface area contributed by atoms with E-state index in [1.54, 1.807) is 0 Å². The lowest BCUT2D eigenvalue weighted by Gasteiger charge is -2.46. The molecule has 0 bridgehead atoms. The minimum Gasteiger partial charge on any atom is -0.314 e. The largest absolute Gasteiger partial charge is 0.314 e. The van der Waals surface area contributed by atoms with E-state index < -0.39 is 0 Å². The van der Waals surface area contributed by atoms with Crippen LogP contribution in [0.3, 0.4) is 0 Å². The highest BCUT2D eigenvalue weighted by Crippen LogP contribution is 2.37. The second-order valence-corrected chi connectivity index (χ2v) is 5.53. The highest BCUT2D eigenvalue weighted by Gasteiger charge is 2.39. The first-order chi connectivity index (χ1) is 7.09. The van der Waals surface area contributed by atoms with Gasteiger partial charge in [-0.2, -0.15) is 0 Å². The minimum absolute atomic E-state index is 0.311. The van der Waals surface area contributed by atoms with Crippen LogP contribution < -0.4 is 5.32 Å². The van der Waals surface area contributed by atoms with Crippen LogP contribution in [0.15, 0.2) is 0 Å². The van der Waals surface area contributed by atoms with Crippen molar-refractivity contribution in [3.05, 3.63) is 0 Å². The maximum atomic E-state index is 11.6. The number of nitrogens with zero attached hydrogens (tertiary/aromatic N) is 1. The molecule has 86 valence electrons. The Morgan fingerprint density at radius 3 is 2.67 bits per heavy atom. The lowest BCUT2D eigenvalue weighted by Crippen LogP contribution is -2.55. The Labute approximate surface area is 92.2 Å². The summed E-state index contributed by atoms with van der Waals surface area (Å²) in [5, 5.41) is 3.37. The van der Waals surface area contributed by atoms with Crippen molar-refractivity contribution in [3.63, 3.8) is 0 Å². The molecule has 0 aromatic rings. The zero-order chi connectivity index (χ0) is 10.9. The summed E-state index contributed by atoms with van der Waals surface area (Å²) < 4.78 is 0. The Balaban J connectivity index is 2.06. The summed E-state index contributed by atoms with van der Waals surface area (Å²) in [5.41, 5.74) is 0.311. The zero-order valence-corrected chi connectivity index (χ0v) is 9.88. The molecular weight excluding hydrogens is 188 g/mol. The van der Waals surface area contributed by atoms with Gasteiger partial charge in [0.2, 0.25) is 0 Å². The molecule has 2 aliphatic rings. The van der Waals surface area contributed by atoms with E-state index in [1.165, 1.54) is 0 Å². The summed E-state index contributed by atoms with van der Waals surface area (Å²) >= 11 is 0. The van der Waals surface area contributed by atoms with Crippen molar-refractivity contribution < 1.29 is 4.79 Å². The van der Waals surface area contributed by atoms with E-state index in [0.717, 1.165) is 45.4 Å². The fraction of sp³-hybridized carbons (Fsp3) is 0.917. The first kappa shape index (κ1) is 11.1. The number of hydrogen-bond acceptors (Lipinski definition) is 3. The monoisotopic (exact) mass is 210 g/mol. The third-order valence-corrected chi connectivity index (χ3v) is 3.96. The smallest absolute Gasteiger partial charge is 0.134 e. The molecule has 0 radical (unpaired) electrons. The third kappa shape index (κ3) is 2.40. The van der Waals surface area contributed by atoms with Crippen molar-refractivity contribution >= 4 is 5.78 Å². The zero-order valence-electron chi connectivity index (χ0n) is 9.88. The quantitative estimate of drug-likeness (QED) is 0.702. The highest BCUT2D eigenvalue weighted by molar-refractivity contribution is 5.80. The molecule has 0 aromatic carbocycles. The Morgan fingerprint density at radius 1 is 1.33 bits per heavy atom. The van der Waals surface area contributed by atoms with Crippen LogP contribution in [0.5, 0.6) is 0 Å². The van der Waals surface area contributed by atoms with E-state index in [-0.39, 0.29) is 0 Å². The second kappa shape index (κ2) is 4.22. The molecule has 1 unspecified atom stereocenters. The summed E-state index contributed by atoms with van der Waals surface area (Å²) in [6.07, 6.45) is 2.61. The molecule has 15 heavy (non-hydrogen) atoms. The summed E-state index contributed by atoms with van der Waals surface area (Å²) in [4.78, 5) is 14.1. The van der Waals surface area contributed by atoms with Crippen LogP contribution in [0, 0.1) is 5.41 Å². The fourth-order valence-electron chi connectivity index (χ4n) is 2.84. The fourth-order valence-corrected chi connectivity index (χ4v) is 2.84. The van der Waals surface area contributed by atoms with Gasteiger partial charge in [-0.3, -0.25) is 9.69 Å². The van der Waals surface area contributed by atoms with E-state index in [0.29, 0.717) is 17.2 Å². The second-order valence-electron chi connectivity index (χ2n) is 5.53. The van der Waals surface area contributed by atoms with Crippen LogP contribution in [0.25, 0.3) is 0 Å². The number of rotatable bonds is 1. The third-order valence-electron chi connectivity index (χ3n) is 3.96. The molecule has 2 rings (SSSR count). The molecular formula is C12H22N2O. The minimum atomic E-state index is 0.311. The van der Waals surface area contributed by atoms with Gasteiger partial charge in [-0.25, -0.2) is 0 Å². The number of nitrogens with one attached hydrogen (secondary N) is 1. The number of piperazine rings is 1. The standard InChI is InChI=1S/C12H22N2O/c1-12(2)4-3-10(15)9-11(12)14-7-5-13-6-8-14/h11,13H,3-9H2,1-2H3. The summed E-state index contributed by atoms with van der Waals surface area (Å²) in [6.45, 7) is 8.96. The van der Waals surface area contributed by atoms with Crippen molar-refractivity contribution in [2.75, 3.05) is 26.2 Å². The van der Waals surface area contributed by atoms with Crippen molar-refractivity contribution in [2.24, 2.45) is 5.41 Å². The van der Waals surface area contributed by atoms with Crippen LogP contribution in [-0.2, 0) is 4.79 Å². The lowest BCUT2D eigenvalue weighted by atomic mass is 9.72. The average molecular weight is 210 g/mol. The molecule has 0 spiro atoms. The van der Waals surface area contributed by atoms with Crippen molar-refractivity contribution in [1.29, 1.82) is 0 Å². The maximum Gasteiger partial charge on any atom is 0.134 e. The van der Waals surface area contributed by atoms with Gasteiger partial charge in [0.05, 0.1) is 0 Å². The summed E-state index contributed by atoms with van der Waals surface area (Å²) in [6, 6.07) is 0.473. The topological polar surface area (TPSA) is 32.3 Å². The van der Waals surface area contributed by atoms with Gasteiger partial charge in [0.1, 0.15) is 5.78 Å². The van der Waals surface area contributed by atoms with Crippen LogP contribution in [0.4, 0.5) is 0 Å². The van der Waals surface area contributed by atoms with Crippen LogP contribution >= 0.6 is 0 Å². The Kier molecular flexibility index (Phi) is 3.12. The SMILES string of the molecule is CC1(C)CCC(=O)CC1N1CCNCC1. The number of carbonyl (C=O) groups excluding carboxylic acids is 1. The van der Waals surface area contributed by atoms with E-state index in [2.05, 4.69) is 24.1 Å². The van der Waals surface area contributed by atoms with Gasteiger partial charge in [-0.1, -0.05) is 13.8 Å². The van der Waals surface area contributed by atoms with Crippen molar-refractivity contribution in [2.45, 2.75) is 39.2 Å². The van der Waals surface area contributed by atoms with E-state index >= 15 is 0 Å². The molecule has 3 nitrogen and oxygen atoms in total. The Morgan fingerprint density at radius 2 is 2.00 bits per heavy atom. The van der Waals surface area contributed by atoms with Gasteiger partial charge in [-0.15, -0.1) is 0 Å². The number of hydrogen-bond donors (Lipinski definition) is 1. The number of ketones is 1. The number of carbonyl (C=O) groups is 1. The normalized spacial score (nSPS) is 32.9. The van der Waals surface area contributed by atoms with E-state index in [1.807, 2.05) is 0 Å². The van der Waals surface area contributed by atoms with Crippen LogP contribution in [0.2, 0.25) is 0 Å². The van der Waals surface area contributed by atoms with Gasteiger partial charge in [0.25, 0.3) is 0 Å². The molecule has 2 fully saturated rings. The molecule has 0 amide bonds. The molecule has 1 aliphatic carbocycles. The molecule has 1 aliphatic heterocycles. The number of Topliss-reactive ketones (excluding diaryl/α,β-unsaturated/α-hetero) is 1. The molecule has 1 atom stereocenters. The van der Waals surface area contributed by atoms with Crippen molar-refractivity contribution in [3.8, 4) is 0 Å². The Bertz CT molecular complexity index is 244. The first-order valence-electron chi connectivity index (χ1n) is 6.06. The van der Waals surface area contributed by atoms with Gasteiger partial charge in [0, 0.05) is 45.1 Å². The molecule has 1 N–H and O–H groups in total. The van der Waals surface area contributed by atoms with Gasteiger partial charge in [-0.05, 0) is 11.8 Å². The lowest BCUT2D eigenvalue weighted by molar-refractivity contribution is -0.125. The van der Waals surface area contributed by atoms with Crippen molar-refractivity contribution in [1.82, 2.24) is 10.2 Å². The van der Waals surface area contributed by atoms with Gasteiger partial charge >= 0.3 is 0 Å². The van der Waals surface area contributed by atoms with Crippen LogP contribution in [-0.4, -0.2) is 42.9 Å². The van der Waals surface area contributed by atoms with Crippen LogP contribution in [0.1, 0.15) is 33.1 Å². The first-order valence-corrected chi connectivity index (χ1v) is 6.06. The predicted octanol–water partition coefficient (Wildman–Crippen LogP) is 1.04. The maximum absolute atomic E-state index is 11.6. The average Bonchev–Trinajstić information content (AvgIpc) is 2.23. The van der Waals surface area contributed by atoms with E-state index in [9.17, 15) is 4.79 Å². The highest BCUT2D eigenvalue weighted by atomic mass is 16.1. The molecule has 1 saturated carbocycles. The molecule has 1 saturated heterocycles. The summed E-state index contributed by atoms with van der Waals surface area (Å²) in [5.74, 6) is 0.456. The molecule has 1 heterocycles. The Hall–Kier alpha value is -0.410. The molecule has 0 aromatic heterocycles.